The first-order valence-corrected chi connectivity index (χ1v) is 10.2. The third-order valence-electron chi connectivity index (χ3n) is 5.08. The highest BCUT2D eigenvalue weighted by Gasteiger charge is 2.51. The molecule has 0 aliphatic heterocycles. The molecule has 1 aliphatic rings. The highest BCUT2D eigenvalue weighted by Crippen LogP contribution is 2.36. The minimum Gasteiger partial charge on any atom is -0.497 e. The largest absolute Gasteiger partial charge is 0.497 e. The smallest absolute Gasteiger partial charge is 0.255 e. The maximum atomic E-state index is 12.7. The number of rotatable bonds is 10. The molecule has 0 unspecified atom stereocenters. The summed E-state index contributed by atoms with van der Waals surface area (Å²) >= 11 is 0. The second kappa shape index (κ2) is 10.3. The van der Waals surface area contributed by atoms with Gasteiger partial charge in [-0.3, -0.25) is 14.6 Å². The predicted molar refractivity (Wildman–Crippen MR) is 126 cm³/mol. The molecule has 1 fully saturated rings. The lowest BCUT2D eigenvalue weighted by atomic mass is 10.1. The molecule has 2 aromatic carbocycles. The van der Waals surface area contributed by atoms with Crippen molar-refractivity contribution in [3.05, 3.63) is 78.6 Å². The van der Waals surface area contributed by atoms with Crippen LogP contribution in [0, 0.1) is 0 Å². The zero-order valence-electron chi connectivity index (χ0n) is 17.9. The number of anilines is 2. The van der Waals surface area contributed by atoms with Gasteiger partial charge >= 0.3 is 0 Å². The van der Waals surface area contributed by atoms with Gasteiger partial charge < -0.3 is 26.4 Å². The fourth-order valence-corrected chi connectivity index (χ4v) is 3.03. The van der Waals surface area contributed by atoms with Gasteiger partial charge in [-0.25, -0.2) is 0 Å². The highest BCUT2D eigenvalue weighted by molar-refractivity contribution is 6.13. The summed E-state index contributed by atoms with van der Waals surface area (Å²) in [5, 5.41) is 8.98. The molecule has 0 radical (unpaired) electrons. The van der Waals surface area contributed by atoms with Gasteiger partial charge in [0.2, 0.25) is 5.91 Å². The minimum absolute atomic E-state index is 0.170. The van der Waals surface area contributed by atoms with E-state index in [4.69, 9.17) is 10.5 Å². The molecule has 8 nitrogen and oxygen atoms in total. The molecule has 166 valence electrons. The number of nitrogens with zero attached hydrogens (tertiary/aromatic N) is 1. The first-order chi connectivity index (χ1) is 15.5. The van der Waals surface area contributed by atoms with Gasteiger partial charge in [0.05, 0.1) is 12.7 Å². The number of hydrogen-bond donors (Lipinski definition) is 4. The van der Waals surface area contributed by atoms with E-state index in [1.165, 1.54) is 12.4 Å². The third-order valence-corrected chi connectivity index (χ3v) is 5.08. The molecule has 2 amide bonds. The normalized spacial score (nSPS) is 14.5. The number of methoxy groups -OCH3 is 1. The number of benzene rings is 2. The fraction of sp³-hybridized carbons (Fsp3) is 0.208. The molecule has 0 spiro atoms. The summed E-state index contributed by atoms with van der Waals surface area (Å²) in [5.74, 6) is 0.134. The Kier molecular flexibility index (Phi) is 7.28. The number of hydrogen-bond acceptors (Lipinski definition) is 6. The average molecular weight is 434 g/mol. The van der Waals surface area contributed by atoms with Crippen LogP contribution in [0.4, 0.5) is 11.4 Å². The molecule has 32 heavy (non-hydrogen) atoms. The Labute approximate surface area is 187 Å². The summed E-state index contributed by atoms with van der Waals surface area (Å²) in [6.45, 7) is 3.81. The molecular formula is C24H27N5O3. The lowest BCUT2D eigenvalue weighted by Gasteiger charge is -2.17. The van der Waals surface area contributed by atoms with E-state index in [9.17, 15) is 9.59 Å². The second-order valence-electron chi connectivity index (χ2n) is 7.35. The molecule has 3 rings (SSSR count). The number of nitrogens with one attached hydrogen (secondary N) is 3. The van der Waals surface area contributed by atoms with Gasteiger partial charge in [-0.1, -0.05) is 18.7 Å². The van der Waals surface area contributed by atoms with Crippen LogP contribution in [0.1, 0.15) is 18.4 Å². The average Bonchev–Trinajstić information content (AvgIpc) is 3.60. The SMILES string of the molecule is C=C/N=C\C(=C/N)C(=O)NC1(C(=O)NCc2ccc(Nc3ccc(OC)cc3)cc2)CC1. The van der Waals surface area contributed by atoms with Gasteiger partial charge in [0.15, 0.2) is 0 Å². The Balaban J connectivity index is 1.52. The first-order valence-electron chi connectivity index (χ1n) is 10.2. The maximum absolute atomic E-state index is 12.7. The summed E-state index contributed by atoms with van der Waals surface area (Å²) < 4.78 is 5.16. The quantitative estimate of drug-likeness (QED) is 0.339. The van der Waals surface area contributed by atoms with E-state index in [-0.39, 0.29) is 11.5 Å². The van der Waals surface area contributed by atoms with Crippen molar-refractivity contribution in [2.45, 2.75) is 24.9 Å². The van der Waals surface area contributed by atoms with Gasteiger partial charge in [0.1, 0.15) is 11.3 Å². The van der Waals surface area contributed by atoms with Gasteiger partial charge in [-0.15, -0.1) is 0 Å². The first kappa shape index (κ1) is 22.6. The summed E-state index contributed by atoms with van der Waals surface area (Å²) in [4.78, 5) is 28.8. The summed E-state index contributed by atoms with van der Waals surface area (Å²) in [6.07, 6.45) is 4.90. The van der Waals surface area contributed by atoms with Crippen molar-refractivity contribution >= 4 is 29.4 Å². The van der Waals surface area contributed by atoms with Gasteiger partial charge in [0.25, 0.3) is 5.91 Å². The number of amides is 2. The second-order valence-corrected chi connectivity index (χ2v) is 7.35. The van der Waals surface area contributed by atoms with E-state index < -0.39 is 11.4 Å². The van der Waals surface area contributed by atoms with Gasteiger partial charge in [-0.05, 0) is 54.8 Å². The zero-order valence-corrected chi connectivity index (χ0v) is 17.9. The number of aliphatic imine (C=N–C) groups is 1. The maximum Gasteiger partial charge on any atom is 0.255 e. The fourth-order valence-electron chi connectivity index (χ4n) is 3.03. The van der Waals surface area contributed by atoms with Crippen LogP contribution in [-0.2, 0) is 16.1 Å². The predicted octanol–water partition coefficient (Wildman–Crippen LogP) is 2.76. The Morgan fingerprint density at radius 3 is 2.28 bits per heavy atom. The Morgan fingerprint density at radius 2 is 1.75 bits per heavy atom. The van der Waals surface area contributed by atoms with E-state index >= 15 is 0 Å². The summed E-state index contributed by atoms with van der Waals surface area (Å²) in [5.41, 5.74) is 7.57. The van der Waals surface area contributed by atoms with Crippen molar-refractivity contribution in [3.63, 3.8) is 0 Å². The van der Waals surface area contributed by atoms with E-state index in [0.717, 1.165) is 28.9 Å². The zero-order chi connectivity index (χ0) is 23.0. The van der Waals surface area contributed by atoms with Crippen LogP contribution in [0.2, 0.25) is 0 Å². The van der Waals surface area contributed by atoms with Crippen LogP contribution < -0.4 is 26.4 Å². The van der Waals surface area contributed by atoms with Crippen LogP contribution >= 0.6 is 0 Å². The lowest BCUT2D eigenvalue weighted by molar-refractivity contribution is -0.128. The molecule has 1 aliphatic carbocycles. The number of ether oxygens (including phenoxy) is 1. The molecule has 1 saturated carbocycles. The van der Waals surface area contributed by atoms with Crippen molar-refractivity contribution in [3.8, 4) is 5.75 Å². The van der Waals surface area contributed by atoms with E-state index in [1.54, 1.807) is 7.11 Å². The molecule has 0 saturated heterocycles. The number of carbonyl (C=O) groups excluding carboxylic acids is 2. The van der Waals surface area contributed by atoms with Gasteiger partial charge in [0, 0.05) is 36.5 Å². The van der Waals surface area contributed by atoms with E-state index in [2.05, 4.69) is 27.5 Å². The van der Waals surface area contributed by atoms with Crippen LogP contribution in [0.15, 0.2) is 78.1 Å². The third kappa shape index (κ3) is 5.75. The standard InChI is InChI=1S/C24H27N5O3/c1-3-26-16-18(14-25)22(30)29-24(12-13-24)23(31)27-15-17-4-6-19(7-5-17)28-20-8-10-21(32-2)11-9-20/h3-11,14,16,28H,1,12-13,15,25H2,2H3,(H,27,31)(H,29,30)/b18-14+,26-16-. The van der Waals surface area contributed by atoms with Crippen molar-refractivity contribution in [1.82, 2.24) is 10.6 Å². The molecule has 0 aromatic heterocycles. The molecule has 0 bridgehead atoms. The number of carbonyl (C=O) groups is 2. The summed E-state index contributed by atoms with van der Waals surface area (Å²) in [7, 11) is 1.63. The van der Waals surface area contributed by atoms with Gasteiger partial charge in [-0.2, -0.15) is 0 Å². The molecule has 2 aromatic rings. The molecular weight excluding hydrogens is 406 g/mol. The van der Waals surface area contributed by atoms with Crippen molar-refractivity contribution in [2.24, 2.45) is 10.7 Å². The Bertz CT molecular complexity index is 1020. The number of nitrogens with two attached hydrogens (primary N) is 1. The van der Waals surface area contributed by atoms with E-state index in [0.29, 0.717) is 19.4 Å². The molecule has 0 heterocycles. The minimum atomic E-state index is -0.900. The van der Waals surface area contributed by atoms with Crippen LogP contribution in [0.5, 0.6) is 5.75 Å². The summed E-state index contributed by atoms with van der Waals surface area (Å²) in [6, 6.07) is 15.4. The van der Waals surface area contributed by atoms with Crippen molar-refractivity contribution in [1.29, 1.82) is 0 Å². The topological polar surface area (TPSA) is 118 Å². The highest BCUT2D eigenvalue weighted by atomic mass is 16.5. The van der Waals surface area contributed by atoms with Crippen LogP contribution in [0.3, 0.4) is 0 Å². The molecule has 0 atom stereocenters. The Morgan fingerprint density at radius 1 is 1.12 bits per heavy atom. The Hall–Kier alpha value is -4.07. The van der Waals surface area contributed by atoms with Crippen molar-refractivity contribution < 1.29 is 14.3 Å². The van der Waals surface area contributed by atoms with E-state index in [1.807, 2.05) is 48.5 Å². The van der Waals surface area contributed by atoms with Crippen LogP contribution in [-0.4, -0.2) is 30.7 Å². The van der Waals surface area contributed by atoms with Crippen LogP contribution in [0.25, 0.3) is 0 Å². The lowest BCUT2D eigenvalue weighted by Crippen LogP contribution is -2.49. The van der Waals surface area contributed by atoms with Crippen molar-refractivity contribution in [2.75, 3.05) is 12.4 Å². The molecule has 5 N–H and O–H groups in total. The molecule has 8 heteroatoms. The monoisotopic (exact) mass is 433 g/mol.